The van der Waals surface area contributed by atoms with Crippen molar-refractivity contribution in [1.29, 1.82) is 0 Å². The summed E-state index contributed by atoms with van der Waals surface area (Å²) in [4.78, 5) is 11.9. The molecular formula is C15H22N2O2. The molecule has 2 aliphatic carbocycles. The van der Waals surface area contributed by atoms with Crippen molar-refractivity contribution in [2.75, 3.05) is 14.1 Å². The first-order chi connectivity index (χ1) is 9.08. The standard InChI is InChI=1S/C15H22N2O2/c1-16-12-5-7-15(17-2,8-6-12)10-11-9-13(18)3-4-14(11)19/h5-7,10,13,16-18H,3-4,8-9H2,1-2H3. The van der Waals surface area contributed by atoms with Gasteiger partial charge in [0, 0.05) is 25.6 Å². The zero-order valence-electron chi connectivity index (χ0n) is 11.6. The molecule has 4 heteroatoms. The third-order valence-electron chi connectivity index (χ3n) is 3.92. The topological polar surface area (TPSA) is 61.4 Å². The fraction of sp³-hybridized carbons (Fsp3) is 0.533. The molecule has 2 rings (SSSR count). The fourth-order valence-corrected chi connectivity index (χ4v) is 2.58. The Bertz CT molecular complexity index is 451. The van der Waals surface area contributed by atoms with E-state index < -0.39 is 0 Å². The lowest BCUT2D eigenvalue weighted by Gasteiger charge is -2.31. The lowest BCUT2D eigenvalue weighted by Crippen LogP contribution is -2.41. The average Bonchev–Trinajstić information content (AvgIpc) is 2.44. The zero-order valence-corrected chi connectivity index (χ0v) is 11.6. The number of aliphatic hydroxyl groups excluding tert-OH is 1. The summed E-state index contributed by atoms with van der Waals surface area (Å²) in [6.45, 7) is 0. The van der Waals surface area contributed by atoms with Gasteiger partial charge in [-0.3, -0.25) is 4.79 Å². The van der Waals surface area contributed by atoms with Crippen LogP contribution in [0, 0.1) is 0 Å². The van der Waals surface area contributed by atoms with Crippen molar-refractivity contribution < 1.29 is 9.90 Å². The Kier molecular flexibility index (Phi) is 4.22. The number of Topliss-reactive ketones (excluding diaryl/α,β-unsaturated/α-hetero) is 1. The van der Waals surface area contributed by atoms with Crippen molar-refractivity contribution in [1.82, 2.24) is 10.6 Å². The van der Waals surface area contributed by atoms with E-state index in [0.717, 1.165) is 17.7 Å². The Morgan fingerprint density at radius 3 is 2.84 bits per heavy atom. The predicted molar refractivity (Wildman–Crippen MR) is 75.6 cm³/mol. The second kappa shape index (κ2) is 5.72. The van der Waals surface area contributed by atoms with Crippen molar-refractivity contribution in [2.45, 2.75) is 37.3 Å². The number of carbonyl (C=O) groups excluding carboxylic acids is 1. The Morgan fingerprint density at radius 1 is 1.47 bits per heavy atom. The van der Waals surface area contributed by atoms with Gasteiger partial charge < -0.3 is 15.7 Å². The van der Waals surface area contributed by atoms with Crippen LogP contribution >= 0.6 is 0 Å². The largest absolute Gasteiger partial charge is 0.393 e. The molecule has 1 saturated carbocycles. The van der Waals surface area contributed by atoms with Gasteiger partial charge in [0.05, 0.1) is 11.6 Å². The van der Waals surface area contributed by atoms with Gasteiger partial charge in [-0.15, -0.1) is 0 Å². The Balaban J connectivity index is 2.21. The molecule has 2 unspecified atom stereocenters. The zero-order chi connectivity index (χ0) is 13.9. The molecule has 0 aliphatic heterocycles. The summed E-state index contributed by atoms with van der Waals surface area (Å²) in [6, 6.07) is 0. The highest BCUT2D eigenvalue weighted by Gasteiger charge is 2.28. The van der Waals surface area contributed by atoms with Gasteiger partial charge in [0.25, 0.3) is 0 Å². The van der Waals surface area contributed by atoms with E-state index in [0.29, 0.717) is 19.3 Å². The summed E-state index contributed by atoms with van der Waals surface area (Å²) in [6.07, 6.45) is 10.1. The molecule has 2 aliphatic rings. The predicted octanol–water partition coefficient (Wildman–Crippen LogP) is 1.05. The van der Waals surface area contributed by atoms with Crippen LogP contribution in [0.3, 0.4) is 0 Å². The Morgan fingerprint density at radius 2 is 2.26 bits per heavy atom. The summed E-state index contributed by atoms with van der Waals surface area (Å²) in [5, 5.41) is 16.1. The van der Waals surface area contributed by atoms with Gasteiger partial charge in [-0.05, 0) is 31.5 Å². The van der Waals surface area contributed by atoms with Crippen LogP contribution in [0.15, 0.2) is 35.6 Å². The molecule has 0 radical (unpaired) electrons. The molecule has 0 aromatic heterocycles. The SMILES string of the molecule is CNC1=CCC(C=C2CC(O)CCC2=O)(NC)C=C1. The molecule has 0 aromatic rings. The first-order valence-electron chi connectivity index (χ1n) is 6.77. The number of nitrogens with one attached hydrogen (secondary N) is 2. The van der Waals surface area contributed by atoms with Crippen molar-refractivity contribution in [3.05, 3.63) is 35.6 Å². The third kappa shape index (κ3) is 3.14. The lowest BCUT2D eigenvalue weighted by atomic mass is 9.83. The number of rotatable bonds is 3. The maximum atomic E-state index is 11.9. The van der Waals surface area contributed by atoms with Crippen LogP contribution in [0.4, 0.5) is 0 Å². The molecule has 0 amide bonds. The minimum absolute atomic E-state index is 0.164. The van der Waals surface area contributed by atoms with Crippen LogP contribution in [0.2, 0.25) is 0 Å². The highest BCUT2D eigenvalue weighted by molar-refractivity contribution is 5.96. The van der Waals surface area contributed by atoms with Crippen molar-refractivity contribution in [3.63, 3.8) is 0 Å². The highest BCUT2D eigenvalue weighted by Crippen LogP contribution is 2.27. The average molecular weight is 262 g/mol. The summed E-state index contributed by atoms with van der Waals surface area (Å²) in [5.41, 5.74) is 1.51. The maximum absolute atomic E-state index is 11.9. The molecule has 0 heterocycles. The molecule has 19 heavy (non-hydrogen) atoms. The number of likely N-dealkylation sites (N-methyl/N-ethyl adjacent to an activating group) is 2. The van der Waals surface area contributed by atoms with Crippen LogP contribution in [-0.2, 0) is 4.79 Å². The van der Waals surface area contributed by atoms with Crippen LogP contribution in [0.5, 0.6) is 0 Å². The van der Waals surface area contributed by atoms with E-state index in [1.54, 1.807) is 0 Å². The number of allylic oxidation sites excluding steroid dienone is 1. The van der Waals surface area contributed by atoms with Crippen molar-refractivity contribution >= 4 is 5.78 Å². The van der Waals surface area contributed by atoms with Gasteiger partial charge in [-0.1, -0.05) is 18.2 Å². The summed E-state index contributed by atoms with van der Waals surface area (Å²) >= 11 is 0. The quantitative estimate of drug-likeness (QED) is 0.665. The van der Waals surface area contributed by atoms with Crippen LogP contribution in [0.25, 0.3) is 0 Å². The van der Waals surface area contributed by atoms with E-state index in [4.69, 9.17) is 0 Å². The Hall–Kier alpha value is -1.39. The molecule has 3 N–H and O–H groups in total. The smallest absolute Gasteiger partial charge is 0.158 e. The van der Waals surface area contributed by atoms with Gasteiger partial charge in [0.1, 0.15) is 0 Å². The van der Waals surface area contributed by atoms with Gasteiger partial charge in [0.2, 0.25) is 0 Å². The highest BCUT2D eigenvalue weighted by atomic mass is 16.3. The van der Waals surface area contributed by atoms with Gasteiger partial charge >= 0.3 is 0 Å². The fourth-order valence-electron chi connectivity index (χ4n) is 2.58. The number of ketones is 1. The number of carbonyl (C=O) groups is 1. The van der Waals surface area contributed by atoms with E-state index in [1.165, 1.54) is 0 Å². The maximum Gasteiger partial charge on any atom is 0.158 e. The monoisotopic (exact) mass is 262 g/mol. The van der Waals surface area contributed by atoms with E-state index >= 15 is 0 Å². The van der Waals surface area contributed by atoms with Crippen LogP contribution in [-0.4, -0.2) is 36.6 Å². The Labute approximate surface area is 114 Å². The molecule has 0 saturated heterocycles. The second-order valence-electron chi connectivity index (χ2n) is 5.23. The summed E-state index contributed by atoms with van der Waals surface area (Å²) in [5.74, 6) is 0.164. The molecule has 0 spiro atoms. The van der Waals surface area contributed by atoms with E-state index in [9.17, 15) is 9.90 Å². The molecular weight excluding hydrogens is 240 g/mol. The second-order valence-corrected chi connectivity index (χ2v) is 5.23. The summed E-state index contributed by atoms with van der Waals surface area (Å²) in [7, 11) is 3.78. The summed E-state index contributed by atoms with van der Waals surface area (Å²) < 4.78 is 0. The number of hydrogen-bond donors (Lipinski definition) is 3. The molecule has 2 atom stereocenters. The first-order valence-corrected chi connectivity index (χ1v) is 6.77. The van der Waals surface area contributed by atoms with E-state index in [-0.39, 0.29) is 17.4 Å². The van der Waals surface area contributed by atoms with Crippen LogP contribution in [0.1, 0.15) is 25.7 Å². The van der Waals surface area contributed by atoms with Gasteiger partial charge in [-0.25, -0.2) is 0 Å². The number of hydrogen-bond acceptors (Lipinski definition) is 4. The minimum atomic E-state index is -0.381. The molecule has 4 nitrogen and oxygen atoms in total. The molecule has 1 fully saturated rings. The first kappa shape index (κ1) is 14.0. The van der Waals surface area contributed by atoms with Gasteiger partial charge in [-0.2, -0.15) is 0 Å². The van der Waals surface area contributed by atoms with Crippen LogP contribution < -0.4 is 10.6 Å². The van der Waals surface area contributed by atoms with Crippen molar-refractivity contribution in [3.8, 4) is 0 Å². The van der Waals surface area contributed by atoms with Crippen molar-refractivity contribution in [2.24, 2.45) is 0 Å². The van der Waals surface area contributed by atoms with E-state index in [1.807, 2.05) is 26.2 Å². The van der Waals surface area contributed by atoms with Gasteiger partial charge in [0.15, 0.2) is 5.78 Å². The lowest BCUT2D eigenvalue weighted by molar-refractivity contribution is -0.117. The van der Waals surface area contributed by atoms with E-state index in [2.05, 4.69) is 22.8 Å². The molecule has 0 aromatic carbocycles. The third-order valence-corrected chi connectivity index (χ3v) is 3.92. The molecule has 104 valence electrons. The molecule has 0 bridgehead atoms. The normalized spacial score (nSPS) is 33.4. The number of aliphatic hydroxyl groups is 1. The minimum Gasteiger partial charge on any atom is -0.393 e.